The third kappa shape index (κ3) is 4.23. The second-order valence-electron chi connectivity index (χ2n) is 7.11. The van der Waals surface area contributed by atoms with Crippen LogP contribution in [0.2, 0.25) is 0 Å². The summed E-state index contributed by atoms with van der Waals surface area (Å²) in [5, 5.41) is 21.0. The number of benzene rings is 3. The molecule has 0 radical (unpaired) electrons. The molecule has 3 aromatic carbocycles. The van der Waals surface area contributed by atoms with Crippen LogP contribution in [0.25, 0.3) is 16.5 Å². The molecule has 0 saturated carbocycles. The molecule has 1 aromatic heterocycles. The number of fused-ring (bicyclic) bond motifs is 1. The molecule has 7 heteroatoms. The Morgan fingerprint density at radius 3 is 2.36 bits per heavy atom. The highest BCUT2D eigenvalue weighted by molar-refractivity contribution is 6.02. The summed E-state index contributed by atoms with van der Waals surface area (Å²) in [7, 11) is 0. The van der Waals surface area contributed by atoms with E-state index in [-0.39, 0.29) is 12.5 Å². The lowest BCUT2D eigenvalue weighted by Gasteiger charge is -2.14. The van der Waals surface area contributed by atoms with Crippen LogP contribution in [0.1, 0.15) is 28.4 Å². The fourth-order valence-corrected chi connectivity index (χ4v) is 3.45. The van der Waals surface area contributed by atoms with Crippen molar-refractivity contribution in [1.29, 1.82) is 5.26 Å². The minimum Gasteiger partial charge on any atom is -0.494 e. The summed E-state index contributed by atoms with van der Waals surface area (Å²) in [6.45, 7) is 1.98. The molecule has 0 aliphatic carbocycles. The average Bonchev–Trinajstić information content (AvgIpc) is 2.85. The van der Waals surface area contributed by atoms with Crippen LogP contribution < -0.4 is 5.56 Å². The molecule has 4 rings (SSSR count). The van der Waals surface area contributed by atoms with Crippen molar-refractivity contribution < 1.29 is 14.6 Å². The van der Waals surface area contributed by atoms with Gasteiger partial charge in [-0.05, 0) is 61.5 Å². The molecule has 1 heterocycles. The van der Waals surface area contributed by atoms with Gasteiger partial charge in [-0.1, -0.05) is 18.2 Å². The van der Waals surface area contributed by atoms with Crippen molar-refractivity contribution in [3.63, 3.8) is 0 Å². The predicted octanol–water partition coefficient (Wildman–Crippen LogP) is 4.50. The van der Waals surface area contributed by atoms with E-state index >= 15 is 0 Å². The zero-order valence-electron chi connectivity index (χ0n) is 17.7. The Balaban J connectivity index is 1.84. The largest absolute Gasteiger partial charge is 0.494 e. The molecule has 1 N–H and O–H groups in total. The number of aliphatic imine (C=N–C) groups is 1. The standard InChI is InChI=1S/C26H19N3O4/c1-2-33-26(32)18-9-13-20(14-10-18)29-24(30)22-6-4-3-5-21(22)23(25(29)31)16-28-19-11-7-17(15-27)8-12-19/h3-14,16,31H,2H2,1H3. The van der Waals surface area contributed by atoms with E-state index in [1.807, 2.05) is 0 Å². The van der Waals surface area contributed by atoms with E-state index in [0.29, 0.717) is 38.8 Å². The van der Waals surface area contributed by atoms with Gasteiger partial charge in [0.2, 0.25) is 5.88 Å². The first-order valence-electron chi connectivity index (χ1n) is 10.2. The van der Waals surface area contributed by atoms with E-state index in [1.54, 1.807) is 79.7 Å². The molecule has 33 heavy (non-hydrogen) atoms. The number of pyridine rings is 1. The normalized spacial score (nSPS) is 10.9. The quantitative estimate of drug-likeness (QED) is 0.366. The van der Waals surface area contributed by atoms with Crippen molar-refractivity contribution in [2.75, 3.05) is 6.61 Å². The number of esters is 1. The van der Waals surface area contributed by atoms with Crippen LogP contribution in [0.4, 0.5) is 5.69 Å². The van der Waals surface area contributed by atoms with E-state index < -0.39 is 11.5 Å². The van der Waals surface area contributed by atoms with Gasteiger partial charge in [0, 0.05) is 17.0 Å². The predicted molar refractivity (Wildman–Crippen MR) is 126 cm³/mol. The molecule has 0 aliphatic heterocycles. The molecule has 162 valence electrons. The van der Waals surface area contributed by atoms with Gasteiger partial charge in [-0.15, -0.1) is 0 Å². The van der Waals surface area contributed by atoms with Crippen LogP contribution in [0, 0.1) is 11.3 Å². The van der Waals surface area contributed by atoms with Crippen molar-refractivity contribution in [3.8, 4) is 17.6 Å². The minimum absolute atomic E-state index is 0.257. The Bertz CT molecular complexity index is 1460. The second-order valence-corrected chi connectivity index (χ2v) is 7.11. The Morgan fingerprint density at radius 2 is 1.73 bits per heavy atom. The summed E-state index contributed by atoms with van der Waals surface area (Å²) < 4.78 is 6.17. The van der Waals surface area contributed by atoms with Gasteiger partial charge in [-0.25, -0.2) is 9.36 Å². The van der Waals surface area contributed by atoms with Gasteiger partial charge in [0.25, 0.3) is 5.56 Å². The minimum atomic E-state index is -0.464. The maximum absolute atomic E-state index is 13.2. The van der Waals surface area contributed by atoms with Gasteiger partial charge in [0.05, 0.1) is 40.7 Å². The molecule has 7 nitrogen and oxygen atoms in total. The molecule has 0 unspecified atom stereocenters. The number of rotatable bonds is 5. The van der Waals surface area contributed by atoms with Crippen molar-refractivity contribution in [1.82, 2.24) is 4.57 Å². The van der Waals surface area contributed by atoms with Crippen LogP contribution in [-0.2, 0) is 4.74 Å². The lowest BCUT2D eigenvalue weighted by molar-refractivity contribution is 0.0526. The summed E-state index contributed by atoms with van der Waals surface area (Å²) in [6.07, 6.45) is 1.49. The molecule has 0 bridgehead atoms. The number of aromatic hydroxyl groups is 1. The highest BCUT2D eigenvalue weighted by Gasteiger charge is 2.17. The molecular formula is C26H19N3O4. The van der Waals surface area contributed by atoms with Crippen LogP contribution in [-0.4, -0.2) is 28.5 Å². The van der Waals surface area contributed by atoms with E-state index in [4.69, 9.17) is 10.00 Å². The van der Waals surface area contributed by atoms with Gasteiger partial charge in [0.15, 0.2) is 0 Å². The van der Waals surface area contributed by atoms with E-state index in [1.165, 1.54) is 10.8 Å². The molecule has 0 atom stereocenters. The first-order valence-corrected chi connectivity index (χ1v) is 10.2. The fourth-order valence-electron chi connectivity index (χ4n) is 3.45. The first-order chi connectivity index (χ1) is 16.0. The molecule has 0 aliphatic rings. The van der Waals surface area contributed by atoms with Gasteiger partial charge < -0.3 is 9.84 Å². The van der Waals surface area contributed by atoms with Gasteiger partial charge in [0.1, 0.15) is 0 Å². The third-order valence-electron chi connectivity index (χ3n) is 5.08. The number of nitrogens with zero attached hydrogens (tertiary/aromatic N) is 3. The molecule has 0 saturated heterocycles. The Labute approximate surface area is 189 Å². The highest BCUT2D eigenvalue weighted by atomic mass is 16.5. The SMILES string of the molecule is CCOC(=O)c1ccc(-n2c(O)c(C=Nc3ccc(C#N)cc3)c3ccccc3c2=O)cc1. The monoisotopic (exact) mass is 437 g/mol. The molecular weight excluding hydrogens is 418 g/mol. The second kappa shape index (κ2) is 9.20. The van der Waals surface area contributed by atoms with E-state index in [2.05, 4.69) is 11.1 Å². The van der Waals surface area contributed by atoms with E-state index in [9.17, 15) is 14.7 Å². The number of ether oxygens (including phenoxy) is 1. The topological polar surface area (TPSA) is 105 Å². The lowest BCUT2D eigenvalue weighted by Crippen LogP contribution is -2.20. The maximum atomic E-state index is 13.2. The van der Waals surface area contributed by atoms with Crippen LogP contribution in [0.15, 0.2) is 82.6 Å². The molecule has 0 spiro atoms. The van der Waals surface area contributed by atoms with Gasteiger partial charge >= 0.3 is 5.97 Å². The number of aromatic nitrogens is 1. The Kier molecular flexibility index (Phi) is 6.00. The van der Waals surface area contributed by atoms with Crippen molar-refractivity contribution in [2.24, 2.45) is 4.99 Å². The number of nitriles is 1. The summed E-state index contributed by atoms with van der Waals surface area (Å²) in [4.78, 5) is 29.6. The van der Waals surface area contributed by atoms with Crippen LogP contribution in [0.3, 0.4) is 0 Å². The number of hydrogen-bond donors (Lipinski definition) is 1. The number of carbonyl (C=O) groups excluding carboxylic acids is 1. The number of hydrogen-bond acceptors (Lipinski definition) is 6. The van der Waals surface area contributed by atoms with Crippen LogP contribution in [0.5, 0.6) is 5.88 Å². The van der Waals surface area contributed by atoms with Crippen molar-refractivity contribution in [3.05, 3.63) is 99.8 Å². The summed E-state index contributed by atoms with van der Waals surface area (Å²) in [6, 6.07) is 21.9. The molecule has 4 aromatic rings. The van der Waals surface area contributed by atoms with Crippen molar-refractivity contribution >= 4 is 28.6 Å². The summed E-state index contributed by atoms with van der Waals surface area (Å²) >= 11 is 0. The first kappa shape index (κ1) is 21.5. The average molecular weight is 437 g/mol. The summed E-state index contributed by atoms with van der Waals surface area (Å²) in [5.74, 6) is -0.741. The number of carbonyl (C=O) groups is 1. The Hall–Kier alpha value is -4.70. The zero-order valence-corrected chi connectivity index (χ0v) is 17.7. The van der Waals surface area contributed by atoms with Gasteiger partial charge in [-0.3, -0.25) is 9.79 Å². The smallest absolute Gasteiger partial charge is 0.338 e. The Morgan fingerprint density at radius 1 is 1.06 bits per heavy atom. The summed E-state index contributed by atoms with van der Waals surface area (Å²) in [5.41, 5.74) is 1.81. The fraction of sp³-hybridized carbons (Fsp3) is 0.0769. The highest BCUT2D eigenvalue weighted by Crippen LogP contribution is 2.27. The van der Waals surface area contributed by atoms with Crippen molar-refractivity contribution in [2.45, 2.75) is 6.92 Å². The van der Waals surface area contributed by atoms with E-state index in [0.717, 1.165) is 0 Å². The maximum Gasteiger partial charge on any atom is 0.338 e. The molecule has 0 amide bonds. The molecule has 0 fully saturated rings. The lowest BCUT2D eigenvalue weighted by atomic mass is 10.1. The van der Waals surface area contributed by atoms with Crippen LogP contribution >= 0.6 is 0 Å². The third-order valence-corrected chi connectivity index (χ3v) is 5.08. The van der Waals surface area contributed by atoms with Gasteiger partial charge in [-0.2, -0.15) is 5.26 Å². The zero-order chi connectivity index (χ0) is 23.4.